The summed E-state index contributed by atoms with van der Waals surface area (Å²) < 4.78 is 1.97. The maximum absolute atomic E-state index is 11.7. The topological polar surface area (TPSA) is 25.2 Å². The largest absolute Gasteiger partial charge is 0.383 e. The molecule has 0 saturated carbocycles. The highest BCUT2D eigenvalue weighted by Gasteiger charge is 2.23. The zero-order chi connectivity index (χ0) is 9.42. The maximum atomic E-state index is 11.7. The Balaban J connectivity index is 2.34. The molecule has 0 atom stereocenters. The minimum atomic E-state index is 0.152. The number of fused-ring (bicyclic) bond motifs is 1. The molecule has 1 aliphatic heterocycles. The number of carbonyl (C=O) groups is 1. The van der Waals surface area contributed by atoms with Crippen LogP contribution in [-0.4, -0.2) is 29.3 Å². The third-order valence-electron chi connectivity index (χ3n) is 2.11. The molecule has 0 amide bonds. The fraction of sp³-hybridized carbons (Fsp3) is 0.300. The average Bonchev–Trinajstić information content (AvgIpc) is 2.56. The van der Waals surface area contributed by atoms with Gasteiger partial charge in [-0.25, -0.2) is 0 Å². The second-order valence-electron chi connectivity index (χ2n) is 3.47. The fourth-order valence-electron chi connectivity index (χ4n) is 1.59. The molecule has 1 aliphatic rings. The smallest absolute Gasteiger partial charge is 0.208 e. The minimum Gasteiger partial charge on any atom is -0.383 e. The molecule has 3 nitrogen and oxygen atoms in total. The highest BCUT2D eigenvalue weighted by molar-refractivity contribution is 6.09. The summed E-state index contributed by atoms with van der Waals surface area (Å²) in [5.41, 5.74) is 1.66. The van der Waals surface area contributed by atoms with Gasteiger partial charge in [0, 0.05) is 32.1 Å². The van der Waals surface area contributed by atoms with Crippen molar-refractivity contribution in [2.45, 2.75) is 6.54 Å². The van der Waals surface area contributed by atoms with Gasteiger partial charge in [-0.2, -0.15) is 0 Å². The van der Waals surface area contributed by atoms with Crippen molar-refractivity contribution >= 4 is 5.78 Å². The lowest BCUT2D eigenvalue weighted by Crippen LogP contribution is -2.06. The zero-order valence-electron chi connectivity index (χ0n) is 7.82. The molecular formula is C10H12N2O. The van der Waals surface area contributed by atoms with Crippen molar-refractivity contribution in [3.63, 3.8) is 0 Å². The molecular weight excluding hydrogens is 164 g/mol. The Kier molecular flexibility index (Phi) is 1.72. The lowest BCUT2D eigenvalue weighted by Gasteiger charge is -2.05. The number of Topliss-reactive ketones (excluding diaryl/α,β-unsaturated/α-hetero) is 1. The fourth-order valence-corrected chi connectivity index (χ4v) is 1.59. The SMILES string of the molecule is CN(C)/C=C1/Cn2cccc2C1=O. The third-order valence-corrected chi connectivity index (χ3v) is 2.11. The van der Waals surface area contributed by atoms with Crippen LogP contribution in [0.5, 0.6) is 0 Å². The van der Waals surface area contributed by atoms with E-state index >= 15 is 0 Å². The number of rotatable bonds is 1. The summed E-state index contributed by atoms with van der Waals surface area (Å²) in [7, 11) is 3.85. The molecule has 1 aromatic rings. The summed E-state index contributed by atoms with van der Waals surface area (Å²) in [5.74, 6) is 0.152. The standard InChI is InChI=1S/C10H12N2O/c1-11(2)6-8-7-12-5-3-4-9(12)10(8)13/h3-6H,7H2,1-2H3/b8-6-. The highest BCUT2D eigenvalue weighted by atomic mass is 16.1. The van der Waals surface area contributed by atoms with Crippen molar-refractivity contribution in [3.05, 3.63) is 35.8 Å². The number of carbonyl (C=O) groups excluding carboxylic acids is 1. The van der Waals surface area contributed by atoms with E-state index in [1.54, 1.807) is 0 Å². The number of hydrogen-bond donors (Lipinski definition) is 0. The Morgan fingerprint density at radius 1 is 1.54 bits per heavy atom. The van der Waals surface area contributed by atoms with Crippen LogP contribution in [0.25, 0.3) is 0 Å². The summed E-state index contributed by atoms with van der Waals surface area (Å²) in [6.07, 6.45) is 3.82. The van der Waals surface area contributed by atoms with Crippen LogP contribution in [-0.2, 0) is 6.54 Å². The van der Waals surface area contributed by atoms with Gasteiger partial charge in [-0.15, -0.1) is 0 Å². The normalized spacial score (nSPS) is 18.0. The van der Waals surface area contributed by atoms with E-state index in [0.717, 1.165) is 11.3 Å². The molecule has 0 aliphatic carbocycles. The van der Waals surface area contributed by atoms with Crippen LogP contribution in [0, 0.1) is 0 Å². The predicted octanol–water partition coefficient (Wildman–Crippen LogP) is 1.13. The van der Waals surface area contributed by atoms with Crippen LogP contribution >= 0.6 is 0 Å². The quantitative estimate of drug-likeness (QED) is 0.599. The van der Waals surface area contributed by atoms with Crippen molar-refractivity contribution in [1.29, 1.82) is 0 Å². The molecule has 68 valence electrons. The van der Waals surface area contributed by atoms with Gasteiger partial charge in [-0.1, -0.05) is 0 Å². The van der Waals surface area contributed by atoms with Crippen LogP contribution < -0.4 is 0 Å². The molecule has 0 bridgehead atoms. The predicted molar refractivity (Wildman–Crippen MR) is 50.5 cm³/mol. The summed E-state index contributed by atoms with van der Waals surface area (Å²) in [4.78, 5) is 13.6. The monoisotopic (exact) mass is 176 g/mol. The van der Waals surface area contributed by atoms with E-state index in [1.807, 2.05) is 48.1 Å². The number of nitrogens with zero attached hydrogens (tertiary/aromatic N) is 2. The average molecular weight is 176 g/mol. The first-order chi connectivity index (χ1) is 6.18. The highest BCUT2D eigenvalue weighted by Crippen LogP contribution is 2.19. The molecule has 0 spiro atoms. The van der Waals surface area contributed by atoms with Crippen molar-refractivity contribution in [3.8, 4) is 0 Å². The van der Waals surface area contributed by atoms with Crippen LogP contribution in [0.15, 0.2) is 30.1 Å². The lowest BCUT2D eigenvalue weighted by molar-refractivity contribution is 0.103. The van der Waals surface area contributed by atoms with Crippen molar-refractivity contribution in [2.75, 3.05) is 14.1 Å². The first kappa shape index (κ1) is 8.10. The van der Waals surface area contributed by atoms with E-state index in [-0.39, 0.29) is 5.78 Å². The van der Waals surface area contributed by atoms with E-state index in [1.165, 1.54) is 0 Å². The first-order valence-electron chi connectivity index (χ1n) is 4.25. The Bertz CT molecular complexity index is 374. The van der Waals surface area contributed by atoms with E-state index < -0.39 is 0 Å². The number of aromatic nitrogens is 1. The zero-order valence-corrected chi connectivity index (χ0v) is 7.82. The summed E-state index contributed by atoms with van der Waals surface area (Å²) in [6, 6.07) is 3.76. The lowest BCUT2D eigenvalue weighted by atomic mass is 10.2. The molecule has 0 aromatic carbocycles. The van der Waals surface area contributed by atoms with Crippen LogP contribution in [0.4, 0.5) is 0 Å². The van der Waals surface area contributed by atoms with Gasteiger partial charge >= 0.3 is 0 Å². The second-order valence-corrected chi connectivity index (χ2v) is 3.47. The van der Waals surface area contributed by atoms with Gasteiger partial charge in [0.05, 0.1) is 12.2 Å². The first-order valence-corrected chi connectivity index (χ1v) is 4.25. The molecule has 0 saturated heterocycles. The van der Waals surface area contributed by atoms with Gasteiger partial charge in [-0.05, 0) is 12.1 Å². The van der Waals surface area contributed by atoms with E-state index in [4.69, 9.17) is 0 Å². The van der Waals surface area contributed by atoms with Crippen LogP contribution in [0.1, 0.15) is 10.5 Å². The third kappa shape index (κ3) is 1.26. The molecule has 0 N–H and O–H groups in total. The van der Waals surface area contributed by atoms with E-state index in [9.17, 15) is 4.79 Å². The van der Waals surface area contributed by atoms with Crippen molar-refractivity contribution in [1.82, 2.24) is 9.47 Å². The molecule has 1 aromatic heterocycles. The molecule has 0 radical (unpaired) electrons. The molecule has 2 heterocycles. The number of hydrogen-bond acceptors (Lipinski definition) is 2. The molecule has 3 heteroatoms. The Labute approximate surface area is 77.3 Å². The molecule has 2 rings (SSSR count). The summed E-state index contributed by atoms with van der Waals surface area (Å²) in [6.45, 7) is 0.708. The van der Waals surface area contributed by atoms with E-state index in [0.29, 0.717) is 6.54 Å². The Morgan fingerprint density at radius 3 is 2.92 bits per heavy atom. The molecule has 0 fully saturated rings. The van der Waals surface area contributed by atoms with Gasteiger partial charge in [0.1, 0.15) is 0 Å². The molecule has 0 unspecified atom stereocenters. The van der Waals surface area contributed by atoms with Crippen molar-refractivity contribution < 1.29 is 4.79 Å². The van der Waals surface area contributed by atoms with E-state index in [2.05, 4.69) is 0 Å². The van der Waals surface area contributed by atoms with Gasteiger partial charge in [-0.3, -0.25) is 4.79 Å². The Morgan fingerprint density at radius 2 is 2.31 bits per heavy atom. The number of allylic oxidation sites excluding steroid dienone is 1. The summed E-state index contributed by atoms with van der Waals surface area (Å²) in [5, 5.41) is 0. The number of ketones is 1. The maximum Gasteiger partial charge on any atom is 0.208 e. The Hall–Kier alpha value is -1.51. The van der Waals surface area contributed by atoms with Gasteiger partial charge in [0.15, 0.2) is 0 Å². The van der Waals surface area contributed by atoms with Crippen molar-refractivity contribution in [2.24, 2.45) is 0 Å². The summed E-state index contributed by atoms with van der Waals surface area (Å²) >= 11 is 0. The van der Waals surface area contributed by atoms with Gasteiger partial charge in [0.25, 0.3) is 0 Å². The van der Waals surface area contributed by atoms with Crippen LogP contribution in [0.2, 0.25) is 0 Å². The van der Waals surface area contributed by atoms with Gasteiger partial charge in [0.2, 0.25) is 5.78 Å². The minimum absolute atomic E-state index is 0.152. The van der Waals surface area contributed by atoms with Gasteiger partial charge < -0.3 is 9.47 Å². The van der Waals surface area contributed by atoms with Crippen LogP contribution in [0.3, 0.4) is 0 Å². The second kappa shape index (κ2) is 2.76. The molecule has 13 heavy (non-hydrogen) atoms.